The second-order valence-corrected chi connectivity index (χ2v) is 4.94. The number of aromatic nitrogens is 1. The largest absolute Gasteiger partial charge is 0.448 e. The summed E-state index contributed by atoms with van der Waals surface area (Å²) < 4.78 is 5.53. The molecule has 2 aliphatic rings. The number of hydrogen-bond acceptors (Lipinski definition) is 3. The molecule has 3 heteroatoms. The van der Waals surface area contributed by atoms with Crippen LogP contribution in [0.1, 0.15) is 50.0 Å². The Balaban J connectivity index is 1.66. The van der Waals surface area contributed by atoms with Crippen molar-refractivity contribution in [3.63, 3.8) is 0 Å². The summed E-state index contributed by atoms with van der Waals surface area (Å²) in [6, 6.07) is 0.741. The van der Waals surface area contributed by atoms with E-state index in [0.29, 0.717) is 5.92 Å². The topological polar surface area (TPSA) is 38.1 Å². The molecule has 0 amide bonds. The van der Waals surface area contributed by atoms with Crippen LogP contribution < -0.4 is 5.32 Å². The molecule has 0 radical (unpaired) electrons. The van der Waals surface area contributed by atoms with Crippen LogP contribution in [0.25, 0.3) is 0 Å². The summed E-state index contributed by atoms with van der Waals surface area (Å²) >= 11 is 0. The molecule has 0 saturated heterocycles. The predicted molar refractivity (Wildman–Crippen MR) is 57.5 cm³/mol. The molecular weight excluding hydrogens is 188 g/mol. The van der Waals surface area contributed by atoms with Gasteiger partial charge in [-0.25, -0.2) is 4.98 Å². The van der Waals surface area contributed by atoms with Crippen molar-refractivity contribution >= 4 is 0 Å². The van der Waals surface area contributed by atoms with Gasteiger partial charge in [0.05, 0.1) is 5.69 Å². The third-order valence-corrected chi connectivity index (χ3v) is 3.55. The van der Waals surface area contributed by atoms with Crippen molar-refractivity contribution in [1.82, 2.24) is 10.3 Å². The van der Waals surface area contributed by atoms with Gasteiger partial charge in [-0.2, -0.15) is 0 Å². The van der Waals surface area contributed by atoms with Gasteiger partial charge in [-0.05, 0) is 31.6 Å². The number of oxazole rings is 1. The van der Waals surface area contributed by atoms with Crippen LogP contribution in [0.5, 0.6) is 0 Å². The average Bonchev–Trinajstić information content (AvgIpc) is 3.13. The summed E-state index contributed by atoms with van der Waals surface area (Å²) in [5.41, 5.74) is 1.13. The first-order valence-corrected chi connectivity index (χ1v) is 6.00. The van der Waals surface area contributed by atoms with E-state index in [1.54, 1.807) is 6.39 Å². The van der Waals surface area contributed by atoms with Crippen molar-refractivity contribution in [3.8, 4) is 0 Å². The fraction of sp³-hybridized carbons (Fsp3) is 0.750. The van der Waals surface area contributed by atoms with Gasteiger partial charge in [0, 0.05) is 18.5 Å². The van der Waals surface area contributed by atoms with Crippen LogP contribution in [-0.2, 0) is 6.54 Å². The van der Waals surface area contributed by atoms with E-state index in [4.69, 9.17) is 4.42 Å². The van der Waals surface area contributed by atoms with Crippen LogP contribution in [0.2, 0.25) is 0 Å². The van der Waals surface area contributed by atoms with E-state index in [1.807, 2.05) is 0 Å². The summed E-state index contributed by atoms with van der Waals surface area (Å²) in [7, 11) is 0. The molecular formula is C12H18N2O. The van der Waals surface area contributed by atoms with Crippen LogP contribution in [0.3, 0.4) is 0 Å². The van der Waals surface area contributed by atoms with E-state index in [1.165, 1.54) is 25.7 Å². The van der Waals surface area contributed by atoms with Crippen molar-refractivity contribution in [2.24, 2.45) is 5.92 Å². The highest BCUT2D eigenvalue weighted by Gasteiger charge is 2.32. The summed E-state index contributed by atoms with van der Waals surface area (Å²) in [5.74, 6) is 2.52. The second-order valence-electron chi connectivity index (χ2n) is 4.94. The number of rotatable bonds is 5. The van der Waals surface area contributed by atoms with Gasteiger partial charge >= 0.3 is 0 Å². The summed E-state index contributed by atoms with van der Waals surface area (Å²) in [6.45, 7) is 3.15. The first kappa shape index (κ1) is 9.40. The Kier molecular flexibility index (Phi) is 2.28. The van der Waals surface area contributed by atoms with Crippen molar-refractivity contribution in [3.05, 3.63) is 17.8 Å². The molecule has 82 valence electrons. The van der Waals surface area contributed by atoms with E-state index >= 15 is 0 Å². The number of hydrogen-bond donors (Lipinski definition) is 1. The molecule has 1 atom stereocenters. The van der Waals surface area contributed by atoms with E-state index in [2.05, 4.69) is 17.2 Å². The number of nitrogens with one attached hydrogen (secondary N) is 1. The van der Waals surface area contributed by atoms with Gasteiger partial charge in [0.2, 0.25) is 0 Å². The van der Waals surface area contributed by atoms with Crippen molar-refractivity contribution in [1.29, 1.82) is 0 Å². The Morgan fingerprint density at radius 3 is 2.93 bits per heavy atom. The second kappa shape index (κ2) is 3.63. The minimum Gasteiger partial charge on any atom is -0.448 e. The van der Waals surface area contributed by atoms with Crippen molar-refractivity contribution in [2.75, 3.05) is 0 Å². The molecule has 1 N–H and O–H groups in total. The maximum absolute atomic E-state index is 5.53. The molecule has 0 aliphatic heterocycles. The highest BCUT2D eigenvalue weighted by atomic mass is 16.3. The highest BCUT2D eigenvalue weighted by molar-refractivity contribution is 5.15. The molecule has 0 bridgehead atoms. The monoisotopic (exact) mass is 206 g/mol. The Bertz CT molecular complexity index is 339. The Labute approximate surface area is 90.3 Å². The normalized spacial score (nSPS) is 23.0. The molecule has 2 fully saturated rings. The summed E-state index contributed by atoms with van der Waals surface area (Å²) in [6.07, 6.45) is 6.96. The van der Waals surface area contributed by atoms with Crippen LogP contribution >= 0.6 is 0 Å². The van der Waals surface area contributed by atoms with Crippen LogP contribution in [0, 0.1) is 5.92 Å². The van der Waals surface area contributed by atoms with E-state index in [-0.39, 0.29) is 0 Å². The zero-order valence-electron chi connectivity index (χ0n) is 9.20. The van der Waals surface area contributed by atoms with E-state index < -0.39 is 0 Å². The Hall–Kier alpha value is -0.830. The van der Waals surface area contributed by atoms with Crippen LogP contribution in [0.15, 0.2) is 10.8 Å². The van der Waals surface area contributed by atoms with Gasteiger partial charge in [-0.1, -0.05) is 6.92 Å². The molecule has 1 aromatic rings. The fourth-order valence-electron chi connectivity index (χ4n) is 2.12. The SMILES string of the molecule is CC(c1ocnc1CNC1CC1)C1CC1. The lowest BCUT2D eigenvalue weighted by atomic mass is 10.0. The Morgan fingerprint density at radius 2 is 2.27 bits per heavy atom. The zero-order valence-corrected chi connectivity index (χ0v) is 9.20. The van der Waals surface area contributed by atoms with Crippen molar-refractivity contribution < 1.29 is 4.42 Å². The van der Waals surface area contributed by atoms with Gasteiger partial charge in [-0.3, -0.25) is 0 Å². The maximum atomic E-state index is 5.53. The molecule has 3 nitrogen and oxygen atoms in total. The van der Waals surface area contributed by atoms with Crippen LogP contribution in [0.4, 0.5) is 0 Å². The van der Waals surface area contributed by atoms with Crippen LogP contribution in [-0.4, -0.2) is 11.0 Å². The highest BCUT2D eigenvalue weighted by Crippen LogP contribution is 2.43. The molecule has 1 unspecified atom stereocenters. The standard InChI is InChI=1S/C12H18N2O/c1-8(9-2-3-9)12-11(14-7-15-12)6-13-10-4-5-10/h7-10,13H,2-6H2,1H3. The first-order chi connectivity index (χ1) is 7.34. The predicted octanol–water partition coefficient (Wildman–Crippen LogP) is 2.44. The molecule has 2 aliphatic carbocycles. The maximum Gasteiger partial charge on any atom is 0.181 e. The first-order valence-electron chi connectivity index (χ1n) is 6.00. The fourth-order valence-corrected chi connectivity index (χ4v) is 2.12. The minimum absolute atomic E-state index is 0.559. The third kappa shape index (κ3) is 2.07. The molecule has 0 spiro atoms. The quantitative estimate of drug-likeness (QED) is 0.804. The zero-order chi connectivity index (χ0) is 10.3. The van der Waals surface area contributed by atoms with Gasteiger partial charge in [-0.15, -0.1) is 0 Å². The van der Waals surface area contributed by atoms with Gasteiger partial charge in [0.25, 0.3) is 0 Å². The van der Waals surface area contributed by atoms with Gasteiger partial charge < -0.3 is 9.73 Å². The van der Waals surface area contributed by atoms with Gasteiger partial charge in [0.1, 0.15) is 5.76 Å². The van der Waals surface area contributed by atoms with Gasteiger partial charge in [0.15, 0.2) is 6.39 Å². The summed E-state index contributed by atoms with van der Waals surface area (Å²) in [5, 5.41) is 3.49. The molecule has 1 aromatic heterocycles. The third-order valence-electron chi connectivity index (χ3n) is 3.55. The van der Waals surface area contributed by atoms with Crippen molar-refractivity contribution in [2.45, 2.75) is 51.1 Å². The lowest BCUT2D eigenvalue weighted by molar-refractivity contribution is 0.444. The molecule has 1 heterocycles. The molecule has 0 aromatic carbocycles. The minimum atomic E-state index is 0.559. The van der Waals surface area contributed by atoms with E-state index in [0.717, 1.165) is 30.0 Å². The molecule has 15 heavy (non-hydrogen) atoms. The number of nitrogens with zero attached hydrogens (tertiary/aromatic N) is 1. The Morgan fingerprint density at radius 1 is 1.47 bits per heavy atom. The lowest BCUT2D eigenvalue weighted by Crippen LogP contribution is -2.17. The molecule has 2 saturated carbocycles. The summed E-state index contributed by atoms with van der Waals surface area (Å²) in [4.78, 5) is 4.32. The lowest BCUT2D eigenvalue weighted by Gasteiger charge is -2.08. The average molecular weight is 206 g/mol. The smallest absolute Gasteiger partial charge is 0.181 e. The van der Waals surface area contributed by atoms with E-state index in [9.17, 15) is 0 Å². The molecule has 3 rings (SSSR count).